The molecule has 0 saturated heterocycles. The molecule has 16 heavy (non-hydrogen) atoms. The van der Waals surface area contributed by atoms with E-state index in [1.165, 1.54) is 51.4 Å². The molecule has 0 spiro atoms. The molecule has 0 aromatic carbocycles. The lowest BCUT2D eigenvalue weighted by molar-refractivity contribution is 0.511. The summed E-state index contributed by atoms with van der Waals surface area (Å²) in [6, 6.07) is 0. The van der Waals surface area contributed by atoms with E-state index >= 15 is 0 Å². The number of aromatic nitrogens is 3. The van der Waals surface area contributed by atoms with Gasteiger partial charge in [-0.1, -0.05) is 57.1 Å². The monoisotopic (exact) mass is 224 g/mol. The van der Waals surface area contributed by atoms with Crippen LogP contribution in [-0.2, 0) is 6.54 Å². The molecular weight excluding hydrogens is 200 g/mol. The molecule has 0 aliphatic rings. The van der Waals surface area contributed by atoms with Crippen LogP contribution in [0.25, 0.3) is 0 Å². The maximum absolute atomic E-state index is 5.48. The summed E-state index contributed by atoms with van der Waals surface area (Å²) in [7, 11) is 0. The fourth-order valence-corrected chi connectivity index (χ4v) is 1.83. The van der Waals surface area contributed by atoms with E-state index in [0.29, 0.717) is 5.82 Å². The molecule has 0 fully saturated rings. The summed E-state index contributed by atoms with van der Waals surface area (Å²) in [5.41, 5.74) is 5.48. The fraction of sp³-hybridized carbons (Fsp3) is 0.833. The molecule has 0 unspecified atom stereocenters. The van der Waals surface area contributed by atoms with E-state index in [9.17, 15) is 0 Å². The fourth-order valence-electron chi connectivity index (χ4n) is 1.83. The first-order valence-electron chi connectivity index (χ1n) is 6.48. The number of nitrogens with two attached hydrogens (primary N) is 1. The van der Waals surface area contributed by atoms with Crippen molar-refractivity contribution < 1.29 is 0 Å². The third kappa shape index (κ3) is 5.73. The highest BCUT2D eigenvalue weighted by Gasteiger charge is 1.96. The van der Waals surface area contributed by atoms with Gasteiger partial charge < -0.3 is 5.73 Å². The van der Waals surface area contributed by atoms with Gasteiger partial charge in [-0.05, 0) is 6.42 Å². The van der Waals surface area contributed by atoms with Gasteiger partial charge in [0.25, 0.3) is 0 Å². The number of hydrogen-bond acceptors (Lipinski definition) is 3. The Morgan fingerprint density at radius 1 is 1.06 bits per heavy atom. The van der Waals surface area contributed by atoms with Gasteiger partial charge in [-0.25, -0.2) is 0 Å². The molecule has 1 aromatic heterocycles. The van der Waals surface area contributed by atoms with Gasteiger partial charge in [0.2, 0.25) is 0 Å². The Morgan fingerprint density at radius 3 is 2.25 bits per heavy atom. The second-order valence-corrected chi connectivity index (χ2v) is 4.38. The molecule has 0 aliphatic heterocycles. The number of rotatable bonds is 9. The third-order valence-corrected chi connectivity index (χ3v) is 2.80. The Bertz CT molecular complexity index is 270. The first kappa shape index (κ1) is 13.0. The van der Waals surface area contributed by atoms with Crippen molar-refractivity contribution in [2.75, 3.05) is 5.73 Å². The lowest BCUT2D eigenvalue weighted by Gasteiger charge is -2.01. The highest BCUT2D eigenvalue weighted by molar-refractivity contribution is 5.19. The van der Waals surface area contributed by atoms with Crippen molar-refractivity contribution in [2.45, 2.75) is 64.8 Å². The SMILES string of the molecule is CCCCCCCCCCn1cc(N)nn1. The summed E-state index contributed by atoms with van der Waals surface area (Å²) < 4.78 is 1.83. The summed E-state index contributed by atoms with van der Waals surface area (Å²) in [5, 5.41) is 7.67. The predicted molar refractivity (Wildman–Crippen MR) is 67.0 cm³/mol. The molecule has 4 heteroatoms. The van der Waals surface area contributed by atoms with E-state index in [0.717, 1.165) is 6.54 Å². The van der Waals surface area contributed by atoms with E-state index in [-0.39, 0.29) is 0 Å². The van der Waals surface area contributed by atoms with Gasteiger partial charge in [-0.2, -0.15) is 0 Å². The maximum Gasteiger partial charge on any atom is 0.165 e. The molecule has 0 aliphatic carbocycles. The minimum atomic E-state index is 0.513. The van der Waals surface area contributed by atoms with Crippen LogP contribution in [0.2, 0.25) is 0 Å². The smallest absolute Gasteiger partial charge is 0.165 e. The van der Waals surface area contributed by atoms with Crippen molar-refractivity contribution in [1.82, 2.24) is 15.0 Å². The molecule has 1 heterocycles. The molecule has 1 rings (SSSR count). The van der Waals surface area contributed by atoms with Gasteiger partial charge in [-0.15, -0.1) is 5.10 Å². The normalized spacial score (nSPS) is 10.8. The van der Waals surface area contributed by atoms with Gasteiger partial charge in [0, 0.05) is 6.54 Å². The Balaban J connectivity index is 1.88. The zero-order chi connectivity index (χ0) is 11.6. The van der Waals surface area contributed by atoms with Crippen LogP contribution < -0.4 is 5.73 Å². The lowest BCUT2D eigenvalue weighted by atomic mass is 10.1. The largest absolute Gasteiger partial charge is 0.381 e. The number of nitrogen functional groups attached to an aromatic ring is 1. The Kier molecular flexibility index (Phi) is 6.61. The molecular formula is C12H24N4. The summed E-state index contributed by atoms with van der Waals surface area (Å²) in [5.74, 6) is 0.513. The molecule has 0 saturated carbocycles. The van der Waals surface area contributed by atoms with Gasteiger partial charge in [0.05, 0.1) is 6.20 Å². The van der Waals surface area contributed by atoms with E-state index in [1.54, 1.807) is 6.20 Å². The Morgan fingerprint density at radius 2 is 1.69 bits per heavy atom. The van der Waals surface area contributed by atoms with Gasteiger partial charge >= 0.3 is 0 Å². The average Bonchev–Trinajstić information content (AvgIpc) is 2.68. The quantitative estimate of drug-likeness (QED) is 0.656. The molecule has 1 aromatic rings. The van der Waals surface area contributed by atoms with Gasteiger partial charge in [0.1, 0.15) is 0 Å². The second kappa shape index (κ2) is 8.13. The van der Waals surface area contributed by atoms with E-state index < -0.39 is 0 Å². The van der Waals surface area contributed by atoms with Crippen molar-refractivity contribution in [3.05, 3.63) is 6.20 Å². The van der Waals surface area contributed by atoms with Crippen LogP contribution in [0.3, 0.4) is 0 Å². The summed E-state index contributed by atoms with van der Waals surface area (Å²) in [4.78, 5) is 0. The number of aryl methyl sites for hydroxylation is 1. The molecule has 0 bridgehead atoms. The Hall–Kier alpha value is -1.06. The topological polar surface area (TPSA) is 56.7 Å². The number of unbranched alkanes of at least 4 members (excludes halogenated alkanes) is 7. The van der Waals surface area contributed by atoms with E-state index in [1.807, 2.05) is 4.68 Å². The van der Waals surface area contributed by atoms with Crippen molar-refractivity contribution in [2.24, 2.45) is 0 Å². The zero-order valence-electron chi connectivity index (χ0n) is 10.4. The second-order valence-electron chi connectivity index (χ2n) is 4.38. The number of hydrogen-bond donors (Lipinski definition) is 1. The summed E-state index contributed by atoms with van der Waals surface area (Å²) in [6.07, 6.45) is 12.5. The molecule has 92 valence electrons. The van der Waals surface area contributed by atoms with E-state index in [2.05, 4.69) is 17.2 Å². The van der Waals surface area contributed by atoms with Crippen LogP contribution in [0.4, 0.5) is 5.82 Å². The first-order chi connectivity index (χ1) is 7.83. The number of anilines is 1. The molecule has 2 N–H and O–H groups in total. The minimum absolute atomic E-state index is 0.513. The molecule has 0 amide bonds. The van der Waals surface area contributed by atoms with Crippen LogP contribution in [0.1, 0.15) is 58.3 Å². The van der Waals surface area contributed by atoms with Gasteiger partial charge in [-0.3, -0.25) is 4.68 Å². The predicted octanol–water partition coefficient (Wildman–Crippen LogP) is 3.00. The zero-order valence-corrected chi connectivity index (χ0v) is 10.4. The Labute approximate surface area is 98.2 Å². The van der Waals surface area contributed by atoms with Gasteiger partial charge in [0.15, 0.2) is 5.82 Å². The van der Waals surface area contributed by atoms with Crippen LogP contribution in [0.5, 0.6) is 0 Å². The van der Waals surface area contributed by atoms with Crippen LogP contribution in [0, 0.1) is 0 Å². The highest BCUT2D eigenvalue weighted by Crippen LogP contribution is 2.08. The van der Waals surface area contributed by atoms with Crippen LogP contribution in [-0.4, -0.2) is 15.0 Å². The number of nitrogens with zero attached hydrogens (tertiary/aromatic N) is 3. The minimum Gasteiger partial charge on any atom is -0.381 e. The lowest BCUT2D eigenvalue weighted by Crippen LogP contribution is -1.98. The van der Waals surface area contributed by atoms with Crippen molar-refractivity contribution in [3.63, 3.8) is 0 Å². The van der Waals surface area contributed by atoms with Crippen LogP contribution in [0.15, 0.2) is 6.20 Å². The highest BCUT2D eigenvalue weighted by atomic mass is 15.4. The van der Waals surface area contributed by atoms with Crippen molar-refractivity contribution >= 4 is 5.82 Å². The maximum atomic E-state index is 5.48. The first-order valence-corrected chi connectivity index (χ1v) is 6.48. The standard InChI is InChI=1S/C12H24N4/c1-2-3-4-5-6-7-8-9-10-16-11-12(13)14-15-16/h11H,2-10,13H2,1H3. The van der Waals surface area contributed by atoms with E-state index in [4.69, 9.17) is 5.73 Å². The van der Waals surface area contributed by atoms with Crippen molar-refractivity contribution in [1.29, 1.82) is 0 Å². The van der Waals surface area contributed by atoms with Crippen LogP contribution >= 0.6 is 0 Å². The molecule has 0 radical (unpaired) electrons. The summed E-state index contributed by atoms with van der Waals surface area (Å²) in [6.45, 7) is 3.20. The van der Waals surface area contributed by atoms with Crippen molar-refractivity contribution in [3.8, 4) is 0 Å². The average molecular weight is 224 g/mol. The third-order valence-electron chi connectivity index (χ3n) is 2.80. The molecule has 0 atom stereocenters. The molecule has 4 nitrogen and oxygen atoms in total. The summed E-state index contributed by atoms with van der Waals surface area (Å²) >= 11 is 0.